The summed E-state index contributed by atoms with van der Waals surface area (Å²) in [7, 11) is 0. The summed E-state index contributed by atoms with van der Waals surface area (Å²) in [5.41, 5.74) is 1.000. The molecule has 1 amide bonds. The van der Waals surface area contributed by atoms with Gasteiger partial charge in [0.05, 0.1) is 12.1 Å². The van der Waals surface area contributed by atoms with E-state index in [0.717, 1.165) is 10.6 Å². The van der Waals surface area contributed by atoms with Crippen LogP contribution in [0.4, 0.5) is 4.39 Å². The molecule has 2 aromatic rings. The maximum atomic E-state index is 13.8. The minimum atomic E-state index is -0.294. The molecule has 0 spiro atoms. The summed E-state index contributed by atoms with van der Waals surface area (Å²) in [4.78, 5) is 17.2. The second-order valence-corrected chi connectivity index (χ2v) is 7.07. The van der Waals surface area contributed by atoms with E-state index in [1.165, 1.54) is 17.4 Å². The molecule has 1 aromatic heterocycles. The van der Waals surface area contributed by atoms with E-state index in [4.69, 9.17) is 0 Å². The number of carbonyl (C=O) groups excluding carboxylic acids is 1. The van der Waals surface area contributed by atoms with Gasteiger partial charge in [-0.2, -0.15) is 0 Å². The minimum Gasteiger partial charge on any atom is -0.351 e. The van der Waals surface area contributed by atoms with Gasteiger partial charge >= 0.3 is 0 Å². The fourth-order valence-electron chi connectivity index (χ4n) is 1.95. The zero-order valence-electron chi connectivity index (χ0n) is 12.7. The Kier molecular flexibility index (Phi) is 4.42. The molecule has 0 atom stereocenters. The van der Waals surface area contributed by atoms with Crippen molar-refractivity contribution in [3.05, 3.63) is 40.7 Å². The van der Waals surface area contributed by atoms with E-state index in [0.29, 0.717) is 10.6 Å². The third-order valence-corrected chi connectivity index (χ3v) is 4.02. The van der Waals surface area contributed by atoms with Gasteiger partial charge < -0.3 is 5.32 Å². The minimum absolute atomic E-state index is 0.0469. The van der Waals surface area contributed by atoms with Crippen LogP contribution in [0.5, 0.6) is 0 Å². The zero-order valence-corrected chi connectivity index (χ0v) is 13.5. The predicted molar refractivity (Wildman–Crippen MR) is 83.8 cm³/mol. The number of aromatic nitrogens is 1. The summed E-state index contributed by atoms with van der Waals surface area (Å²) in [6, 6.07) is 6.54. The first-order valence-electron chi connectivity index (χ1n) is 6.78. The van der Waals surface area contributed by atoms with Gasteiger partial charge in [-0.1, -0.05) is 12.1 Å². The van der Waals surface area contributed by atoms with Crippen molar-refractivity contribution in [1.82, 2.24) is 10.3 Å². The standard InChI is InChI=1S/C16H19FN2OS/c1-10-13(9-14(20)19-16(2,3)4)21-15(18-10)11-7-5-6-8-12(11)17/h5-8H,9H2,1-4H3,(H,19,20). The molecular weight excluding hydrogens is 287 g/mol. The third kappa shape index (κ3) is 4.11. The highest BCUT2D eigenvalue weighted by Crippen LogP contribution is 2.30. The van der Waals surface area contributed by atoms with Crippen molar-refractivity contribution in [2.24, 2.45) is 0 Å². The summed E-state index contributed by atoms with van der Waals surface area (Å²) in [5.74, 6) is -0.341. The number of halogens is 1. The summed E-state index contributed by atoms with van der Waals surface area (Å²) in [5, 5.41) is 3.54. The first kappa shape index (κ1) is 15.6. The highest BCUT2D eigenvalue weighted by molar-refractivity contribution is 7.15. The first-order valence-corrected chi connectivity index (χ1v) is 7.60. The Morgan fingerprint density at radius 2 is 2.00 bits per heavy atom. The molecule has 0 unspecified atom stereocenters. The average Bonchev–Trinajstić information content (AvgIpc) is 2.68. The number of hydrogen-bond donors (Lipinski definition) is 1. The number of amides is 1. The van der Waals surface area contributed by atoms with Crippen LogP contribution in [0, 0.1) is 12.7 Å². The quantitative estimate of drug-likeness (QED) is 0.939. The summed E-state index contributed by atoms with van der Waals surface area (Å²) >= 11 is 1.37. The number of rotatable bonds is 3. The maximum Gasteiger partial charge on any atom is 0.225 e. The lowest BCUT2D eigenvalue weighted by Crippen LogP contribution is -2.41. The van der Waals surface area contributed by atoms with E-state index in [9.17, 15) is 9.18 Å². The van der Waals surface area contributed by atoms with Crippen molar-refractivity contribution < 1.29 is 9.18 Å². The topological polar surface area (TPSA) is 42.0 Å². The van der Waals surface area contributed by atoms with Gasteiger partial charge in [0.1, 0.15) is 10.8 Å². The maximum absolute atomic E-state index is 13.8. The lowest BCUT2D eigenvalue weighted by molar-refractivity contribution is -0.121. The number of thiazole rings is 1. The molecule has 0 aliphatic heterocycles. The highest BCUT2D eigenvalue weighted by Gasteiger charge is 2.18. The van der Waals surface area contributed by atoms with E-state index in [-0.39, 0.29) is 23.7 Å². The zero-order chi connectivity index (χ0) is 15.6. The smallest absolute Gasteiger partial charge is 0.225 e. The molecule has 5 heteroatoms. The van der Waals surface area contributed by atoms with Gasteiger partial charge in [0.2, 0.25) is 5.91 Å². The van der Waals surface area contributed by atoms with E-state index in [2.05, 4.69) is 10.3 Å². The summed E-state index contributed by atoms with van der Waals surface area (Å²) in [6.07, 6.45) is 0.273. The van der Waals surface area contributed by atoms with Gasteiger partial charge in [-0.15, -0.1) is 11.3 Å². The number of aryl methyl sites for hydroxylation is 1. The monoisotopic (exact) mass is 306 g/mol. The number of hydrogen-bond acceptors (Lipinski definition) is 3. The fourth-order valence-corrected chi connectivity index (χ4v) is 3.04. The van der Waals surface area contributed by atoms with E-state index in [1.54, 1.807) is 18.2 Å². The van der Waals surface area contributed by atoms with Crippen molar-refractivity contribution in [2.75, 3.05) is 0 Å². The number of nitrogens with one attached hydrogen (secondary N) is 1. The second kappa shape index (κ2) is 5.93. The molecule has 0 aliphatic rings. The molecule has 3 nitrogen and oxygen atoms in total. The lowest BCUT2D eigenvalue weighted by atomic mass is 10.1. The Bertz CT molecular complexity index is 659. The molecule has 0 fully saturated rings. The average molecular weight is 306 g/mol. The number of nitrogens with zero attached hydrogens (tertiary/aromatic N) is 1. The van der Waals surface area contributed by atoms with Crippen LogP contribution in [0.2, 0.25) is 0 Å². The molecule has 0 saturated heterocycles. The van der Waals surface area contributed by atoms with Crippen molar-refractivity contribution in [3.63, 3.8) is 0 Å². The fraction of sp³-hybridized carbons (Fsp3) is 0.375. The normalized spacial score (nSPS) is 11.5. The molecule has 0 radical (unpaired) electrons. The van der Waals surface area contributed by atoms with Gasteiger partial charge in [-0.25, -0.2) is 9.37 Å². The van der Waals surface area contributed by atoms with Gasteiger partial charge in [0, 0.05) is 16.0 Å². The van der Waals surface area contributed by atoms with Gasteiger partial charge in [-0.3, -0.25) is 4.79 Å². The summed E-state index contributed by atoms with van der Waals surface area (Å²) < 4.78 is 13.8. The van der Waals surface area contributed by atoms with Crippen LogP contribution in [-0.2, 0) is 11.2 Å². The van der Waals surface area contributed by atoms with Crippen LogP contribution in [0.1, 0.15) is 31.3 Å². The Balaban J connectivity index is 2.21. The molecule has 1 N–H and O–H groups in total. The van der Waals surface area contributed by atoms with Gasteiger partial charge in [-0.05, 0) is 39.8 Å². The molecule has 21 heavy (non-hydrogen) atoms. The highest BCUT2D eigenvalue weighted by atomic mass is 32.1. The number of carbonyl (C=O) groups is 1. The molecule has 2 rings (SSSR count). The first-order chi connectivity index (χ1) is 9.76. The van der Waals surface area contributed by atoms with Crippen molar-refractivity contribution in [2.45, 2.75) is 39.7 Å². The van der Waals surface area contributed by atoms with Gasteiger partial charge in [0.25, 0.3) is 0 Å². The largest absolute Gasteiger partial charge is 0.351 e. The lowest BCUT2D eigenvalue weighted by Gasteiger charge is -2.20. The summed E-state index contributed by atoms with van der Waals surface area (Å²) in [6.45, 7) is 7.67. The van der Waals surface area contributed by atoms with Crippen LogP contribution in [0.3, 0.4) is 0 Å². The SMILES string of the molecule is Cc1nc(-c2ccccc2F)sc1CC(=O)NC(C)(C)C. The van der Waals surface area contributed by atoms with Crippen LogP contribution < -0.4 is 5.32 Å². The molecule has 112 valence electrons. The molecule has 0 saturated carbocycles. The van der Waals surface area contributed by atoms with Crippen LogP contribution in [0.15, 0.2) is 24.3 Å². The van der Waals surface area contributed by atoms with Crippen LogP contribution in [-0.4, -0.2) is 16.4 Å². The van der Waals surface area contributed by atoms with E-state index in [1.807, 2.05) is 27.7 Å². The van der Waals surface area contributed by atoms with Gasteiger partial charge in [0.15, 0.2) is 0 Å². The Labute approximate surface area is 128 Å². The molecule has 0 bridgehead atoms. The van der Waals surface area contributed by atoms with Crippen molar-refractivity contribution in [3.8, 4) is 10.6 Å². The van der Waals surface area contributed by atoms with Crippen molar-refractivity contribution >= 4 is 17.2 Å². The molecule has 1 heterocycles. The molecule has 1 aromatic carbocycles. The van der Waals surface area contributed by atoms with Crippen molar-refractivity contribution in [1.29, 1.82) is 0 Å². The van der Waals surface area contributed by atoms with Crippen LogP contribution in [0.25, 0.3) is 10.6 Å². The molecule has 0 aliphatic carbocycles. The third-order valence-electron chi connectivity index (χ3n) is 2.83. The Morgan fingerprint density at radius 1 is 1.33 bits per heavy atom. The van der Waals surface area contributed by atoms with E-state index >= 15 is 0 Å². The molecular formula is C16H19FN2OS. The Hall–Kier alpha value is -1.75. The van der Waals surface area contributed by atoms with E-state index < -0.39 is 0 Å². The number of benzene rings is 1. The van der Waals surface area contributed by atoms with Crippen LogP contribution >= 0.6 is 11.3 Å². The predicted octanol–water partition coefficient (Wildman–Crippen LogP) is 3.71. The Morgan fingerprint density at radius 3 is 2.62 bits per heavy atom. The second-order valence-electron chi connectivity index (χ2n) is 5.98.